The van der Waals surface area contributed by atoms with Crippen molar-refractivity contribution in [3.63, 3.8) is 0 Å². The van der Waals surface area contributed by atoms with E-state index in [1.807, 2.05) is 0 Å². The molecule has 1 saturated carbocycles. The zero-order valence-electron chi connectivity index (χ0n) is 17.3. The van der Waals surface area contributed by atoms with Crippen LogP contribution in [0.5, 0.6) is 11.8 Å². The molecule has 1 N–H and O–H groups in total. The molecule has 30 heavy (non-hydrogen) atoms. The van der Waals surface area contributed by atoms with Gasteiger partial charge in [-0.25, -0.2) is 4.68 Å². The van der Waals surface area contributed by atoms with E-state index in [0.717, 1.165) is 25.2 Å². The molecule has 0 aromatic carbocycles. The number of aromatic nitrogens is 3. The predicted molar refractivity (Wildman–Crippen MR) is 111 cm³/mol. The van der Waals surface area contributed by atoms with Gasteiger partial charge in [-0.05, 0) is 43.7 Å². The third-order valence-electron chi connectivity index (χ3n) is 5.54. The van der Waals surface area contributed by atoms with Crippen molar-refractivity contribution in [2.45, 2.75) is 38.3 Å². The molecule has 2 aliphatic rings. The number of methoxy groups -OCH3 is 2. The van der Waals surface area contributed by atoms with E-state index in [1.54, 1.807) is 28.9 Å². The first-order valence-corrected chi connectivity index (χ1v) is 10.3. The summed E-state index contributed by atoms with van der Waals surface area (Å²) in [5.41, 5.74) is 0.304. The Morgan fingerprint density at radius 3 is 2.73 bits per heavy atom. The van der Waals surface area contributed by atoms with Crippen molar-refractivity contribution < 1.29 is 14.3 Å². The van der Waals surface area contributed by atoms with Crippen LogP contribution >= 0.6 is 0 Å². The minimum atomic E-state index is -0.236. The number of pyridine rings is 1. The Kier molecular flexibility index (Phi) is 5.87. The SMILES string of the molecule is COc1ccc(C(=O)NC2CCCN(c3ccc(=O)n(CC4CC4)n3)C2)c(OC)n1. The fourth-order valence-corrected chi connectivity index (χ4v) is 3.71. The highest BCUT2D eigenvalue weighted by atomic mass is 16.5. The van der Waals surface area contributed by atoms with Crippen LogP contribution in [0.15, 0.2) is 29.1 Å². The normalized spacial score (nSPS) is 18.7. The fourth-order valence-electron chi connectivity index (χ4n) is 3.71. The molecule has 2 aromatic rings. The van der Waals surface area contributed by atoms with Crippen LogP contribution in [0, 0.1) is 5.92 Å². The molecule has 0 bridgehead atoms. The van der Waals surface area contributed by atoms with E-state index in [2.05, 4.69) is 20.3 Å². The molecule has 1 aliphatic heterocycles. The second-order valence-corrected chi connectivity index (χ2v) is 7.82. The highest BCUT2D eigenvalue weighted by Crippen LogP contribution is 2.30. The maximum Gasteiger partial charge on any atom is 0.266 e. The third-order valence-corrected chi connectivity index (χ3v) is 5.54. The molecule has 1 aliphatic carbocycles. The quantitative estimate of drug-likeness (QED) is 0.734. The Morgan fingerprint density at radius 1 is 1.17 bits per heavy atom. The van der Waals surface area contributed by atoms with Gasteiger partial charge in [0.1, 0.15) is 11.4 Å². The van der Waals surface area contributed by atoms with Gasteiger partial charge in [0.15, 0.2) is 0 Å². The topological polar surface area (TPSA) is 98.6 Å². The largest absolute Gasteiger partial charge is 0.481 e. The van der Waals surface area contributed by atoms with Crippen LogP contribution in [0.2, 0.25) is 0 Å². The van der Waals surface area contributed by atoms with E-state index in [1.165, 1.54) is 27.1 Å². The van der Waals surface area contributed by atoms with Crippen LogP contribution in [0.25, 0.3) is 0 Å². The van der Waals surface area contributed by atoms with Crippen molar-refractivity contribution in [2.75, 3.05) is 32.2 Å². The summed E-state index contributed by atoms with van der Waals surface area (Å²) in [5.74, 6) is 1.73. The molecule has 9 heteroatoms. The number of anilines is 1. The van der Waals surface area contributed by atoms with Gasteiger partial charge in [0.2, 0.25) is 11.8 Å². The summed E-state index contributed by atoms with van der Waals surface area (Å²) in [6.45, 7) is 2.16. The molecule has 9 nitrogen and oxygen atoms in total. The maximum absolute atomic E-state index is 12.8. The van der Waals surface area contributed by atoms with Crippen LogP contribution in [-0.2, 0) is 6.54 Å². The Balaban J connectivity index is 1.44. The van der Waals surface area contributed by atoms with Gasteiger partial charge in [0.05, 0.1) is 14.2 Å². The van der Waals surface area contributed by atoms with Gasteiger partial charge in [-0.2, -0.15) is 10.1 Å². The summed E-state index contributed by atoms with van der Waals surface area (Å²) in [7, 11) is 2.99. The lowest BCUT2D eigenvalue weighted by atomic mass is 10.1. The van der Waals surface area contributed by atoms with Crippen molar-refractivity contribution in [1.82, 2.24) is 20.1 Å². The number of hydrogen-bond donors (Lipinski definition) is 1. The monoisotopic (exact) mass is 413 g/mol. The molecular formula is C21H27N5O4. The molecule has 4 rings (SSSR count). The first kappa shape index (κ1) is 20.2. The maximum atomic E-state index is 12.8. The van der Waals surface area contributed by atoms with Gasteiger partial charge >= 0.3 is 0 Å². The van der Waals surface area contributed by atoms with Gasteiger partial charge in [0, 0.05) is 37.8 Å². The second-order valence-electron chi connectivity index (χ2n) is 7.82. The number of carbonyl (C=O) groups is 1. The minimum Gasteiger partial charge on any atom is -0.481 e. The van der Waals surface area contributed by atoms with Gasteiger partial charge in [-0.15, -0.1) is 0 Å². The van der Waals surface area contributed by atoms with E-state index < -0.39 is 0 Å². The van der Waals surface area contributed by atoms with E-state index in [0.29, 0.717) is 30.5 Å². The number of nitrogens with one attached hydrogen (secondary N) is 1. The molecule has 3 heterocycles. The van der Waals surface area contributed by atoms with Gasteiger partial charge in [-0.1, -0.05) is 0 Å². The second kappa shape index (κ2) is 8.73. The summed E-state index contributed by atoms with van der Waals surface area (Å²) in [6.07, 6.45) is 4.13. The van der Waals surface area contributed by atoms with Crippen molar-refractivity contribution in [3.8, 4) is 11.8 Å². The van der Waals surface area contributed by atoms with E-state index in [9.17, 15) is 9.59 Å². The van der Waals surface area contributed by atoms with Gasteiger partial charge in [-0.3, -0.25) is 9.59 Å². The Labute approximate surface area is 175 Å². The molecule has 1 atom stereocenters. The Bertz CT molecular complexity index is 972. The Morgan fingerprint density at radius 2 is 2.00 bits per heavy atom. The van der Waals surface area contributed by atoms with Crippen molar-refractivity contribution in [1.29, 1.82) is 0 Å². The molecule has 1 amide bonds. The molecule has 0 spiro atoms. The summed E-state index contributed by atoms with van der Waals surface area (Å²) in [4.78, 5) is 31.2. The number of ether oxygens (including phenoxy) is 2. The fraction of sp³-hybridized carbons (Fsp3) is 0.524. The van der Waals surface area contributed by atoms with Crippen molar-refractivity contribution in [2.24, 2.45) is 5.92 Å². The van der Waals surface area contributed by atoms with Crippen LogP contribution < -0.4 is 25.2 Å². The first-order valence-electron chi connectivity index (χ1n) is 10.3. The van der Waals surface area contributed by atoms with Crippen LogP contribution in [0.1, 0.15) is 36.0 Å². The summed E-state index contributed by atoms with van der Waals surface area (Å²) in [5, 5.41) is 7.65. The molecule has 1 unspecified atom stereocenters. The highest BCUT2D eigenvalue weighted by molar-refractivity contribution is 5.96. The highest BCUT2D eigenvalue weighted by Gasteiger charge is 2.26. The predicted octanol–water partition coefficient (Wildman–Crippen LogP) is 1.46. The third kappa shape index (κ3) is 4.55. The molecule has 0 radical (unpaired) electrons. The summed E-state index contributed by atoms with van der Waals surface area (Å²) < 4.78 is 11.9. The molecular weight excluding hydrogens is 386 g/mol. The number of amides is 1. The smallest absolute Gasteiger partial charge is 0.266 e. The molecule has 2 fully saturated rings. The van der Waals surface area contributed by atoms with Gasteiger partial charge < -0.3 is 19.7 Å². The number of hydrogen-bond acceptors (Lipinski definition) is 7. The summed E-state index contributed by atoms with van der Waals surface area (Å²) in [6, 6.07) is 6.60. The molecule has 160 valence electrons. The van der Waals surface area contributed by atoms with E-state index in [4.69, 9.17) is 9.47 Å². The van der Waals surface area contributed by atoms with E-state index in [-0.39, 0.29) is 23.4 Å². The van der Waals surface area contributed by atoms with Gasteiger partial charge in [0.25, 0.3) is 11.5 Å². The average molecular weight is 413 g/mol. The molecule has 1 saturated heterocycles. The number of rotatable bonds is 7. The lowest BCUT2D eigenvalue weighted by Crippen LogP contribution is -2.48. The number of nitrogens with zero attached hydrogens (tertiary/aromatic N) is 4. The minimum absolute atomic E-state index is 0.0383. The zero-order chi connectivity index (χ0) is 21.1. The molecule has 2 aromatic heterocycles. The number of piperidine rings is 1. The van der Waals surface area contributed by atoms with Crippen molar-refractivity contribution in [3.05, 3.63) is 40.2 Å². The van der Waals surface area contributed by atoms with Crippen LogP contribution in [0.3, 0.4) is 0 Å². The lowest BCUT2D eigenvalue weighted by Gasteiger charge is -2.34. The van der Waals surface area contributed by atoms with Crippen molar-refractivity contribution >= 4 is 11.7 Å². The first-order chi connectivity index (χ1) is 14.6. The summed E-state index contributed by atoms with van der Waals surface area (Å²) >= 11 is 0. The van der Waals surface area contributed by atoms with Crippen LogP contribution in [0.4, 0.5) is 5.82 Å². The van der Waals surface area contributed by atoms with E-state index >= 15 is 0 Å². The number of carbonyl (C=O) groups excluding carboxylic acids is 1. The Hall–Kier alpha value is -3.10. The van der Waals surface area contributed by atoms with Crippen LogP contribution in [-0.4, -0.2) is 54.0 Å². The average Bonchev–Trinajstić information content (AvgIpc) is 3.59. The zero-order valence-corrected chi connectivity index (χ0v) is 17.3. The lowest BCUT2D eigenvalue weighted by molar-refractivity contribution is 0.0929. The standard InChI is InChI=1S/C21H27N5O4/c1-29-18-9-7-16(21(23-18)30-2)20(28)22-15-4-3-11-25(13-15)17-8-10-19(27)26(24-17)12-14-5-6-14/h7-10,14-15H,3-6,11-13H2,1-2H3,(H,22,28).